The summed E-state index contributed by atoms with van der Waals surface area (Å²) in [6.07, 6.45) is -4.57. The maximum atomic E-state index is 12.5. The first-order valence-corrected chi connectivity index (χ1v) is 5.67. The number of benzene rings is 1. The molecule has 0 spiro atoms. The first-order valence-electron chi connectivity index (χ1n) is 4.91. The van der Waals surface area contributed by atoms with Gasteiger partial charge in [0.1, 0.15) is 6.07 Å². The summed E-state index contributed by atoms with van der Waals surface area (Å²) >= 11 is 11.4. The zero-order valence-electron chi connectivity index (χ0n) is 9.59. The van der Waals surface area contributed by atoms with Crippen molar-refractivity contribution in [2.45, 2.75) is 6.18 Å². The van der Waals surface area contributed by atoms with Gasteiger partial charge in [-0.15, -0.1) is 0 Å². The second-order valence-electron chi connectivity index (χ2n) is 3.41. The Morgan fingerprint density at radius 1 is 1.40 bits per heavy atom. The molecule has 0 aliphatic carbocycles. The van der Waals surface area contributed by atoms with E-state index in [2.05, 4.69) is 15.4 Å². The Morgan fingerprint density at radius 2 is 1.95 bits per heavy atom. The van der Waals surface area contributed by atoms with Gasteiger partial charge in [0.15, 0.2) is 0 Å². The average Bonchev–Trinajstić information content (AvgIpc) is 2.35. The van der Waals surface area contributed by atoms with E-state index in [4.69, 9.17) is 35.0 Å². The lowest BCUT2D eigenvalue weighted by Crippen LogP contribution is -2.07. The lowest BCUT2D eigenvalue weighted by Gasteiger charge is -2.11. The summed E-state index contributed by atoms with van der Waals surface area (Å²) in [7, 11) is 0. The molecule has 0 aliphatic rings. The van der Waals surface area contributed by atoms with Crippen molar-refractivity contribution in [1.29, 1.82) is 5.26 Å². The van der Waals surface area contributed by atoms with Crippen LogP contribution < -0.4 is 5.43 Å². The molecule has 1 rings (SSSR count). The van der Waals surface area contributed by atoms with Crippen LogP contribution in [0.25, 0.3) is 4.85 Å². The predicted octanol–water partition coefficient (Wildman–Crippen LogP) is 4.22. The van der Waals surface area contributed by atoms with Crippen molar-refractivity contribution in [3.05, 3.63) is 39.2 Å². The molecule has 1 aromatic carbocycles. The van der Waals surface area contributed by atoms with Gasteiger partial charge in [0.05, 0.1) is 21.3 Å². The summed E-state index contributed by atoms with van der Waals surface area (Å²) in [6.45, 7) is 6.32. The van der Waals surface area contributed by atoms with E-state index in [9.17, 15) is 13.2 Å². The van der Waals surface area contributed by atoms with Gasteiger partial charge in [-0.2, -0.15) is 23.5 Å². The predicted molar refractivity (Wildman–Crippen MR) is 69.6 cm³/mol. The van der Waals surface area contributed by atoms with E-state index < -0.39 is 11.7 Å². The van der Waals surface area contributed by atoms with Crippen LogP contribution in [0.15, 0.2) is 17.2 Å². The lowest BCUT2D eigenvalue weighted by molar-refractivity contribution is -0.137. The molecular formula is C11H5Cl2F3N4. The van der Waals surface area contributed by atoms with Crippen molar-refractivity contribution < 1.29 is 13.2 Å². The fraction of sp³-hybridized carbons (Fsp3) is 0.182. The van der Waals surface area contributed by atoms with Crippen LogP contribution in [0.3, 0.4) is 0 Å². The highest BCUT2D eigenvalue weighted by Crippen LogP contribution is 2.38. The Kier molecular flexibility index (Phi) is 5.20. The molecule has 4 nitrogen and oxygen atoms in total. The number of anilines is 1. The number of hydrogen-bond donors (Lipinski definition) is 1. The molecule has 0 saturated carbocycles. The number of alkyl halides is 3. The molecule has 0 saturated heterocycles. The molecule has 0 aromatic heterocycles. The third-order valence-electron chi connectivity index (χ3n) is 2.03. The van der Waals surface area contributed by atoms with Gasteiger partial charge in [-0.3, -0.25) is 5.43 Å². The van der Waals surface area contributed by atoms with Gasteiger partial charge in [0.25, 0.3) is 6.54 Å². The fourth-order valence-corrected chi connectivity index (χ4v) is 1.71. The molecule has 0 aliphatic heterocycles. The zero-order chi connectivity index (χ0) is 15.3. The van der Waals surface area contributed by atoms with E-state index in [0.717, 1.165) is 0 Å². The number of nitriles is 1. The smallest absolute Gasteiger partial charge is 0.309 e. The average molecular weight is 321 g/mol. The van der Waals surface area contributed by atoms with Crippen molar-refractivity contribution in [2.24, 2.45) is 5.10 Å². The van der Waals surface area contributed by atoms with Gasteiger partial charge in [-0.05, 0) is 12.1 Å². The van der Waals surface area contributed by atoms with Gasteiger partial charge >= 0.3 is 6.18 Å². The molecule has 0 atom stereocenters. The largest absolute Gasteiger partial charge is 0.416 e. The fourth-order valence-electron chi connectivity index (χ4n) is 1.14. The Morgan fingerprint density at radius 3 is 2.35 bits per heavy atom. The molecule has 1 N–H and O–H groups in total. The van der Waals surface area contributed by atoms with Crippen LogP contribution in [0.2, 0.25) is 10.0 Å². The summed E-state index contributed by atoms with van der Waals surface area (Å²) in [4.78, 5) is 2.95. The van der Waals surface area contributed by atoms with Crippen LogP contribution in [0.1, 0.15) is 5.56 Å². The highest BCUT2D eigenvalue weighted by atomic mass is 35.5. The molecule has 9 heteroatoms. The van der Waals surface area contributed by atoms with Crippen molar-refractivity contribution in [1.82, 2.24) is 0 Å². The minimum Gasteiger partial charge on any atom is -0.309 e. The maximum Gasteiger partial charge on any atom is 0.416 e. The molecule has 0 radical (unpaired) electrons. The standard InChI is InChI=1S/C11H5Cl2F3N4/c1-18-5-7(4-17)19-20-10-8(12)2-6(3-9(10)13)11(14,15)16/h2-3,20H,5H2/b19-7+. The molecule has 0 fully saturated rings. The highest BCUT2D eigenvalue weighted by molar-refractivity contribution is 6.39. The topological polar surface area (TPSA) is 52.5 Å². The van der Waals surface area contributed by atoms with Gasteiger partial charge in [-0.1, -0.05) is 23.2 Å². The van der Waals surface area contributed by atoms with E-state index in [0.29, 0.717) is 12.1 Å². The first kappa shape index (κ1) is 16.1. The molecule has 0 unspecified atom stereocenters. The Labute approximate surface area is 122 Å². The summed E-state index contributed by atoms with van der Waals surface area (Å²) in [5.41, 5.74) is 1.07. The van der Waals surface area contributed by atoms with E-state index in [1.165, 1.54) is 0 Å². The number of hydrazone groups is 1. The molecule has 0 heterocycles. The van der Waals surface area contributed by atoms with Crippen LogP contribution in [0.4, 0.5) is 18.9 Å². The normalized spacial score (nSPS) is 11.7. The summed E-state index contributed by atoms with van der Waals surface area (Å²) in [5, 5.41) is 11.6. The van der Waals surface area contributed by atoms with Crippen LogP contribution in [0, 0.1) is 17.9 Å². The third kappa shape index (κ3) is 4.02. The molecule has 20 heavy (non-hydrogen) atoms. The number of halogens is 5. The van der Waals surface area contributed by atoms with Crippen molar-refractivity contribution in [2.75, 3.05) is 12.0 Å². The number of hydrogen-bond acceptors (Lipinski definition) is 3. The molecule has 0 bridgehead atoms. The minimum absolute atomic E-state index is 0.0703. The number of nitrogens with one attached hydrogen (secondary N) is 1. The summed E-state index contributed by atoms with van der Waals surface area (Å²) in [6, 6.07) is 3.03. The van der Waals surface area contributed by atoms with Gasteiger partial charge in [0.2, 0.25) is 5.71 Å². The molecule has 1 aromatic rings. The van der Waals surface area contributed by atoms with Gasteiger partial charge in [0, 0.05) is 0 Å². The Hall–Kier alpha value is -1.96. The third-order valence-corrected chi connectivity index (χ3v) is 2.63. The van der Waals surface area contributed by atoms with Crippen LogP contribution in [-0.4, -0.2) is 12.3 Å². The molecule has 0 amide bonds. The summed E-state index contributed by atoms with van der Waals surface area (Å²) < 4.78 is 37.5. The van der Waals surface area contributed by atoms with Gasteiger partial charge in [-0.25, -0.2) is 6.57 Å². The first-order chi connectivity index (χ1) is 9.29. The Balaban J connectivity index is 3.11. The highest BCUT2D eigenvalue weighted by Gasteiger charge is 2.32. The maximum absolute atomic E-state index is 12.5. The van der Waals surface area contributed by atoms with Gasteiger partial charge < -0.3 is 4.85 Å². The second kappa shape index (κ2) is 6.47. The molecular weight excluding hydrogens is 316 g/mol. The monoisotopic (exact) mass is 320 g/mol. The van der Waals surface area contributed by atoms with Crippen molar-refractivity contribution >= 4 is 34.6 Å². The lowest BCUT2D eigenvalue weighted by atomic mass is 10.2. The van der Waals surface area contributed by atoms with E-state index >= 15 is 0 Å². The minimum atomic E-state index is -4.57. The van der Waals surface area contributed by atoms with E-state index in [1.807, 2.05) is 0 Å². The SMILES string of the molecule is [C-]#[N+]C/C(C#N)=N/Nc1c(Cl)cc(C(F)(F)F)cc1Cl. The quantitative estimate of drug-likeness (QED) is 0.515. The van der Waals surface area contributed by atoms with Crippen LogP contribution >= 0.6 is 23.2 Å². The van der Waals surface area contributed by atoms with Crippen LogP contribution in [0.5, 0.6) is 0 Å². The molecule has 104 valence electrons. The Bertz CT molecular complexity index is 603. The van der Waals surface area contributed by atoms with Crippen LogP contribution in [-0.2, 0) is 6.18 Å². The second-order valence-corrected chi connectivity index (χ2v) is 4.23. The van der Waals surface area contributed by atoms with Crippen molar-refractivity contribution in [3.63, 3.8) is 0 Å². The zero-order valence-corrected chi connectivity index (χ0v) is 11.1. The van der Waals surface area contributed by atoms with Crippen molar-refractivity contribution in [3.8, 4) is 6.07 Å². The van der Waals surface area contributed by atoms with E-state index in [1.54, 1.807) is 6.07 Å². The van der Waals surface area contributed by atoms with E-state index in [-0.39, 0.29) is 28.0 Å². The number of nitrogens with zero attached hydrogens (tertiary/aromatic N) is 3. The summed E-state index contributed by atoms with van der Waals surface area (Å²) in [5.74, 6) is 0. The number of rotatable bonds is 3.